The van der Waals surface area contributed by atoms with Crippen LogP contribution >= 0.6 is 0 Å². The monoisotopic (exact) mass is 88.0 g/mol. The second-order valence-electron chi connectivity index (χ2n) is 0.443. The molecule has 0 aliphatic rings. The number of halogens is 1. The Morgan fingerprint density at radius 1 is 1.80 bits per heavy atom. The standard InChI is InChI=1S/C3H5F.Si/c1-2-3-4;/h2H,1,3H2;. The van der Waals surface area contributed by atoms with Crippen LogP contribution in [0.3, 0.4) is 0 Å². The van der Waals surface area contributed by atoms with Gasteiger partial charge in [-0.3, -0.25) is 0 Å². The van der Waals surface area contributed by atoms with Crippen LogP contribution in [0.25, 0.3) is 0 Å². The molecule has 0 rings (SSSR count). The van der Waals surface area contributed by atoms with Gasteiger partial charge in [0.05, 0.1) is 0 Å². The Balaban J connectivity index is 0. The maximum absolute atomic E-state index is 10.6. The van der Waals surface area contributed by atoms with Crippen molar-refractivity contribution in [2.75, 3.05) is 6.67 Å². The molecule has 0 aromatic heterocycles. The van der Waals surface area contributed by atoms with Crippen LogP contribution in [0.1, 0.15) is 0 Å². The van der Waals surface area contributed by atoms with Crippen LogP contribution in [0.15, 0.2) is 12.7 Å². The van der Waals surface area contributed by atoms with Gasteiger partial charge in [0, 0.05) is 11.0 Å². The minimum Gasteiger partial charge on any atom is -0.247 e. The molecule has 0 amide bonds. The van der Waals surface area contributed by atoms with Crippen LogP contribution in [-0.4, -0.2) is 17.6 Å². The first kappa shape index (κ1) is 8.86. The maximum Gasteiger partial charge on any atom is 0.107 e. The van der Waals surface area contributed by atoms with Crippen molar-refractivity contribution in [1.29, 1.82) is 0 Å². The van der Waals surface area contributed by atoms with Gasteiger partial charge in [-0.1, -0.05) is 6.08 Å². The number of hydrogen-bond donors (Lipinski definition) is 0. The van der Waals surface area contributed by atoms with Crippen molar-refractivity contribution >= 4 is 11.0 Å². The molecular weight excluding hydrogens is 83.1 g/mol. The Hall–Kier alpha value is -0.113. The highest BCUT2D eigenvalue weighted by Crippen LogP contribution is 1.58. The van der Waals surface area contributed by atoms with E-state index in [1.807, 2.05) is 0 Å². The number of hydrogen-bond acceptors (Lipinski definition) is 0. The summed E-state index contributed by atoms with van der Waals surface area (Å²) in [6.45, 7) is 2.69. The zero-order valence-electron chi connectivity index (χ0n) is 2.87. The normalized spacial score (nSPS) is 5.00. The lowest BCUT2D eigenvalue weighted by molar-refractivity contribution is 0.562. The highest BCUT2D eigenvalue weighted by atomic mass is 28.1. The van der Waals surface area contributed by atoms with Crippen LogP contribution in [-0.2, 0) is 0 Å². The third-order valence-electron chi connectivity index (χ3n) is 0.109. The topological polar surface area (TPSA) is 0 Å². The molecule has 0 aromatic carbocycles. The molecule has 0 spiro atoms. The van der Waals surface area contributed by atoms with Crippen LogP contribution in [0, 0.1) is 0 Å². The summed E-state index contributed by atoms with van der Waals surface area (Å²) in [4.78, 5) is 0. The zero-order chi connectivity index (χ0) is 3.41. The first-order chi connectivity index (χ1) is 1.91. The summed E-state index contributed by atoms with van der Waals surface area (Å²) in [5, 5.41) is 0. The van der Waals surface area contributed by atoms with Gasteiger partial charge in [0.25, 0.3) is 0 Å². The van der Waals surface area contributed by atoms with E-state index in [-0.39, 0.29) is 11.0 Å². The van der Waals surface area contributed by atoms with Gasteiger partial charge in [0.2, 0.25) is 0 Å². The van der Waals surface area contributed by atoms with E-state index in [9.17, 15) is 4.39 Å². The van der Waals surface area contributed by atoms with E-state index in [0.717, 1.165) is 0 Å². The molecule has 0 aliphatic heterocycles. The maximum atomic E-state index is 10.6. The van der Waals surface area contributed by atoms with Crippen molar-refractivity contribution in [2.45, 2.75) is 0 Å². The van der Waals surface area contributed by atoms with Crippen molar-refractivity contribution in [3.8, 4) is 0 Å². The summed E-state index contributed by atoms with van der Waals surface area (Å²) >= 11 is 0. The summed E-state index contributed by atoms with van der Waals surface area (Å²) in [6, 6.07) is 0. The molecule has 5 heavy (non-hydrogen) atoms. The predicted octanol–water partition coefficient (Wildman–Crippen LogP) is 0.761. The van der Waals surface area contributed by atoms with E-state index in [4.69, 9.17) is 0 Å². The average molecular weight is 88.2 g/mol. The molecule has 0 unspecified atom stereocenters. The molecule has 0 N–H and O–H groups in total. The summed E-state index contributed by atoms with van der Waals surface area (Å²) in [5.41, 5.74) is 0. The van der Waals surface area contributed by atoms with Crippen molar-refractivity contribution < 1.29 is 4.39 Å². The molecule has 0 fully saturated rings. The first-order valence-corrected chi connectivity index (χ1v) is 1.08. The zero-order valence-corrected chi connectivity index (χ0v) is 3.87. The molecule has 2 heteroatoms. The van der Waals surface area contributed by atoms with E-state index < -0.39 is 6.67 Å². The van der Waals surface area contributed by atoms with Gasteiger partial charge in [-0.05, 0) is 0 Å². The van der Waals surface area contributed by atoms with Crippen LogP contribution in [0.4, 0.5) is 4.39 Å². The third-order valence-corrected chi connectivity index (χ3v) is 0.109. The fourth-order valence-electron chi connectivity index (χ4n) is 0. The van der Waals surface area contributed by atoms with Gasteiger partial charge in [0.1, 0.15) is 6.67 Å². The highest BCUT2D eigenvalue weighted by Gasteiger charge is 1.49. The molecule has 0 bridgehead atoms. The second kappa shape index (κ2) is 9.10. The molecule has 0 aliphatic carbocycles. The first-order valence-electron chi connectivity index (χ1n) is 1.08. The summed E-state index contributed by atoms with van der Waals surface area (Å²) in [7, 11) is 0. The largest absolute Gasteiger partial charge is 0.247 e. The van der Waals surface area contributed by atoms with Crippen LogP contribution in [0.2, 0.25) is 0 Å². The average Bonchev–Trinajstić information content (AvgIpc) is 1.37. The van der Waals surface area contributed by atoms with E-state index in [1.165, 1.54) is 6.08 Å². The molecular formula is C3H5FSi. The SMILES string of the molecule is C=CCF.[Si]. The number of alkyl halides is 1. The fourth-order valence-corrected chi connectivity index (χ4v) is 0. The van der Waals surface area contributed by atoms with E-state index in [1.54, 1.807) is 0 Å². The lowest BCUT2D eigenvalue weighted by Gasteiger charge is -1.54. The van der Waals surface area contributed by atoms with Crippen LogP contribution < -0.4 is 0 Å². The Kier molecular flexibility index (Phi) is 16.1. The van der Waals surface area contributed by atoms with Gasteiger partial charge in [-0.15, -0.1) is 6.58 Å². The second-order valence-corrected chi connectivity index (χ2v) is 0.443. The van der Waals surface area contributed by atoms with E-state index in [2.05, 4.69) is 6.58 Å². The van der Waals surface area contributed by atoms with Gasteiger partial charge >= 0.3 is 0 Å². The van der Waals surface area contributed by atoms with Crippen molar-refractivity contribution in [3.63, 3.8) is 0 Å². The lowest BCUT2D eigenvalue weighted by Crippen LogP contribution is -1.48. The van der Waals surface area contributed by atoms with Gasteiger partial charge < -0.3 is 0 Å². The molecule has 28 valence electrons. The fraction of sp³-hybridized carbons (Fsp3) is 0.333. The Morgan fingerprint density at radius 3 is 2.00 bits per heavy atom. The summed E-state index contributed by atoms with van der Waals surface area (Å²) in [6.07, 6.45) is 1.21. The molecule has 0 saturated carbocycles. The number of allylic oxidation sites excluding steroid dienone is 1. The molecule has 0 aromatic rings. The van der Waals surface area contributed by atoms with Gasteiger partial charge in [0.15, 0.2) is 0 Å². The van der Waals surface area contributed by atoms with Crippen molar-refractivity contribution in [3.05, 3.63) is 12.7 Å². The van der Waals surface area contributed by atoms with Crippen molar-refractivity contribution in [2.24, 2.45) is 0 Å². The molecule has 0 heterocycles. The summed E-state index contributed by atoms with van der Waals surface area (Å²) in [5.74, 6) is 0. The molecule has 0 saturated heterocycles. The lowest BCUT2D eigenvalue weighted by atomic mass is 10.7. The molecule has 0 nitrogen and oxygen atoms in total. The molecule has 4 radical (unpaired) electrons. The smallest absolute Gasteiger partial charge is 0.107 e. The Labute approximate surface area is 35.7 Å². The van der Waals surface area contributed by atoms with Crippen molar-refractivity contribution in [1.82, 2.24) is 0 Å². The predicted molar refractivity (Wildman–Crippen MR) is 21.9 cm³/mol. The highest BCUT2D eigenvalue weighted by molar-refractivity contribution is 5.75. The Morgan fingerprint density at radius 2 is 2.00 bits per heavy atom. The Bertz CT molecular complexity index is 20.9. The van der Waals surface area contributed by atoms with E-state index in [0.29, 0.717) is 0 Å². The summed E-state index contributed by atoms with van der Waals surface area (Å²) < 4.78 is 10.6. The van der Waals surface area contributed by atoms with Gasteiger partial charge in [-0.2, -0.15) is 0 Å². The van der Waals surface area contributed by atoms with E-state index >= 15 is 0 Å². The number of rotatable bonds is 1. The minimum absolute atomic E-state index is 0. The van der Waals surface area contributed by atoms with Crippen LogP contribution in [0.5, 0.6) is 0 Å². The minimum atomic E-state index is -0.417. The molecule has 0 atom stereocenters. The quantitative estimate of drug-likeness (QED) is 0.328. The van der Waals surface area contributed by atoms with Gasteiger partial charge in [-0.25, -0.2) is 4.39 Å². The third kappa shape index (κ3) is 17.6.